The Kier molecular flexibility index (Phi) is 6.28. The number of hydrogen-bond acceptors (Lipinski definition) is 1. The zero-order valence-electron chi connectivity index (χ0n) is 17.4. The van der Waals surface area contributed by atoms with Crippen molar-refractivity contribution in [2.75, 3.05) is 11.9 Å². The van der Waals surface area contributed by atoms with Gasteiger partial charge in [0.1, 0.15) is 0 Å². The normalized spacial score (nSPS) is 16.7. The number of nitrogens with one attached hydrogen (secondary N) is 1. The number of amides is 2. The summed E-state index contributed by atoms with van der Waals surface area (Å²) >= 11 is 5.99. The van der Waals surface area contributed by atoms with Crippen LogP contribution in [-0.4, -0.2) is 22.0 Å². The van der Waals surface area contributed by atoms with Gasteiger partial charge in [0.15, 0.2) is 0 Å². The van der Waals surface area contributed by atoms with Gasteiger partial charge in [-0.3, -0.25) is 0 Å². The molecule has 4 nitrogen and oxygen atoms in total. The van der Waals surface area contributed by atoms with Gasteiger partial charge in [-0.05, 0) is 54.4 Å². The van der Waals surface area contributed by atoms with Gasteiger partial charge in [-0.2, -0.15) is 26.3 Å². The largest absolute Gasteiger partial charge is 0.416 e. The summed E-state index contributed by atoms with van der Waals surface area (Å²) in [7, 11) is 0. The molecule has 1 N–H and O–H groups in total. The van der Waals surface area contributed by atoms with Crippen LogP contribution in [0.5, 0.6) is 0 Å². The van der Waals surface area contributed by atoms with Crippen LogP contribution in [0.25, 0.3) is 0 Å². The molecule has 0 spiro atoms. The quantitative estimate of drug-likeness (QED) is 0.370. The Bertz CT molecular complexity index is 1150. The third kappa shape index (κ3) is 5.01. The Labute approximate surface area is 195 Å². The van der Waals surface area contributed by atoms with Crippen LogP contribution in [0.4, 0.5) is 36.8 Å². The topological polar surface area (TPSA) is 37.3 Å². The zero-order valence-corrected chi connectivity index (χ0v) is 18.2. The number of aryl methyl sites for hydroxylation is 1. The van der Waals surface area contributed by atoms with Crippen molar-refractivity contribution in [3.05, 3.63) is 88.2 Å². The molecule has 1 aliphatic heterocycles. The number of halogens is 7. The van der Waals surface area contributed by atoms with Crippen molar-refractivity contribution in [2.45, 2.75) is 31.4 Å². The summed E-state index contributed by atoms with van der Waals surface area (Å²) in [5.41, 5.74) is -2.15. The molecular weight excluding hydrogens is 484 g/mol. The predicted molar refractivity (Wildman–Crippen MR) is 115 cm³/mol. The number of anilines is 1. The number of aromatic nitrogens is 1. The van der Waals surface area contributed by atoms with E-state index in [-0.39, 0.29) is 12.6 Å². The fourth-order valence-corrected chi connectivity index (χ4v) is 4.14. The van der Waals surface area contributed by atoms with E-state index in [1.165, 1.54) is 4.90 Å². The lowest BCUT2D eigenvalue weighted by atomic mass is 10.0. The van der Waals surface area contributed by atoms with Crippen LogP contribution in [0.1, 0.15) is 34.8 Å². The second kappa shape index (κ2) is 8.90. The summed E-state index contributed by atoms with van der Waals surface area (Å²) in [4.78, 5) is 14.6. The minimum absolute atomic E-state index is 0.0188. The number of fused-ring (bicyclic) bond motifs is 1. The van der Waals surface area contributed by atoms with Gasteiger partial charge in [0, 0.05) is 35.7 Å². The molecule has 2 heterocycles. The minimum Gasteiger partial charge on any atom is -0.349 e. The SMILES string of the molecule is O=C(Nc1cc(C(F)(F)F)cc(C(F)(F)F)c1)N1CCCn2cccc2C1c1ccc(Cl)cc1. The van der Waals surface area contributed by atoms with E-state index in [1.807, 2.05) is 22.9 Å². The lowest BCUT2D eigenvalue weighted by Crippen LogP contribution is -2.39. The molecule has 0 bridgehead atoms. The summed E-state index contributed by atoms with van der Waals surface area (Å²) in [5, 5.41) is 2.73. The predicted octanol–water partition coefficient (Wildman–Crippen LogP) is 7.21. The van der Waals surface area contributed by atoms with E-state index >= 15 is 0 Å². The van der Waals surface area contributed by atoms with E-state index < -0.39 is 41.2 Å². The molecule has 1 unspecified atom stereocenters. The monoisotopic (exact) mass is 501 g/mol. The van der Waals surface area contributed by atoms with Crippen molar-refractivity contribution < 1.29 is 31.1 Å². The molecule has 1 aliphatic rings. The summed E-state index contributed by atoms with van der Waals surface area (Å²) in [6, 6.07) is 9.93. The first-order chi connectivity index (χ1) is 15.9. The number of rotatable bonds is 2. The number of carbonyl (C=O) groups is 1. The smallest absolute Gasteiger partial charge is 0.349 e. The van der Waals surface area contributed by atoms with Crippen molar-refractivity contribution in [2.24, 2.45) is 0 Å². The first-order valence-corrected chi connectivity index (χ1v) is 10.6. The summed E-state index contributed by atoms with van der Waals surface area (Å²) in [6.45, 7) is 0.823. The minimum atomic E-state index is -5.02. The Hall–Kier alpha value is -3.14. The number of nitrogens with zero attached hydrogens (tertiary/aromatic N) is 2. The van der Waals surface area contributed by atoms with Gasteiger partial charge in [0.25, 0.3) is 0 Å². The molecule has 0 saturated carbocycles. The van der Waals surface area contributed by atoms with Gasteiger partial charge in [-0.1, -0.05) is 23.7 Å². The van der Waals surface area contributed by atoms with Crippen molar-refractivity contribution in [3.8, 4) is 0 Å². The Morgan fingerprint density at radius 2 is 1.53 bits per heavy atom. The average molecular weight is 502 g/mol. The first-order valence-electron chi connectivity index (χ1n) is 10.2. The molecule has 0 saturated heterocycles. The third-order valence-corrected chi connectivity index (χ3v) is 5.79. The first kappa shape index (κ1) is 24.0. The second-order valence-electron chi connectivity index (χ2n) is 7.85. The lowest BCUT2D eigenvalue weighted by molar-refractivity contribution is -0.143. The highest BCUT2D eigenvalue weighted by Crippen LogP contribution is 2.38. The Morgan fingerprint density at radius 1 is 0.912 bits per heavy atom. The maximum absolute atomic E-state index is 13.2. The van der Waals surface area contributed by atoms with Gasteiger partial charge in [0.2, 0.25) is 0 Å². The maximum atomic E-state index is 13.2. The van der Waals surface area contributed by atoms with E-state index in [0.29, 0.717) is 35.7 Å². The van der Waals surface area contributed by atoms with E-state index in [9.17, 15) is 31.1 Å². The van der Waals surface area contributed by atoms with Crippen molar-refractivity contribution in [1.82, 2.24) is 9.47 Å². The van der Waals surface area contributed by atoms with Crippen molar-refractivity contribution >= 4 is 23.3 Å². The van der Waals surface area contributed by atoms with Crippen LogP contribution in [0, 0.1) is 0 Å². The van der Waals surface area contributed by atoms with Crippen LogP contribution < -0.4 is 5.32 Å². The number of alkyl halides is 6. The third-order valence-electron chi connectivity index (χ3n) is 5.54. The number of carbonyl (C=O) groups excluding carboxylic acids is 1. The number of urea groups is 1. The zero-order chi connectivity index (χ0) is 24.7. The van der Waals surface area contributed by atoms with Crippen molar-refractivity contribution in [1.29, 1.82) is 0 Å². The van der Waals surface area contributed by atoms with Crippen LogP contribution in [-0.2, 0) is 18.9 Å². The van der Waals surface area contributed by atoms with Gasteiger partial charge < -0.3 is 14.8 Å². The number of hydrogen-bond donors (Lipinski definition) is 1. The van der Waals surface area contributed by atoms with Gasteiger partial charge in [-0.15, -0.1) is 0 Å². The van der Waals surface area contributed by atoms with Gasteiger partial charge >= 0.3 is 18.4 Å². The Morgan fingerprint density at radius 3 is 2.12 bits per heavy atom. The molecule has 34 heavy (non-hydrogen) atoms. The summed E-state index contributed by atoms with van der Waals surface area (Å²) in [5.74, 6) is 0. The molecule has 1 atom stereocenters. The maximum Gasteiger partial charge on any atom is 0.416 e. The summed E-state index contributed by atoms with van der Waals surface area (Å²) in [6.07, 6.45) is -7.65. The van der Waals surface area contributed by atoms with Crippen LogP contribution >= 0.6 is 11.6 Å². The highest BCUT2D eigenvalue weighted by molar-refractivity contribution is 6.30. The lowest BCUT2D eigenvalue weighted by Gasteiger charge is -2.31. The molecule has 4 rings (SSSR count). The molecule has 1 aromatic heterocycles. The molecule has 11 heteroatoms. The van der Waals surface area contributed by atoms with E-state index in [1.54, 1.807) is 24.3 Å². The molecule has 2 aromatic carbocycles. The van der Waals surface area contributed by atoms with E-state index in [0.717, 1.165) is 5.69 Å². The standard InChI is InChI=1S/C23H18ClF6N3O/c24-17-6-4-14(5-7-17)20-19-3-1-8-32(19)9-2-10-33(20)21(34)31-18-12-15(22(25,26)27)11-16(13-18)23(28,29)30/h1,3-8,11-13,20H,2,9-10H2,(H,31,34). The van der Waals surface area contributed by atoms with Crippen LogP contribution in [0.15, 0.2) is 60.8 Å². The molecular formula is C23H18ClF6N3O. The molecule has 180 valence electrons. The van der Waals surface area contributed by atoms with Crippen molar-refractivity contribution in [3.63, 3.8) is 0 Å². The number of benzene rings is 2. The van der Waals surface area contributed by atoms with Gasteiger partial charge in [-0.25, -0.2) is 4.79 Å². The highest BCUT2D eigenvalue weighted by Gasteiger charge is 2.38. The van der Waals surface area contributed by atoms with E-state index in [2.05, 4.69) is 5.32 Å². The van der Waals surface area contributed by atoms with Gasteiger partial charge in [0.05, 0.1) is 17.2 Å². The molecule has 2 amide bonds. The average Bonchev–Trinajstić information content (AvgIpc) is 3.13. The highest BCUT2D eigenvalue weighted by atomic mass is 35.5. The summed E-state index contributed by atoms with van der Waals surface area (Å²) < 4.78 is 81.3. The van der Waals surface area contributed by atoms with E-state index in [4.69, 9.17) is 11.6 Å². The molecule has 3 aromatic rings. The second-order valence-corrected chi connectivity index (χ2v) is 8.29. The Balaban J connectivity index is 1.72. The molecule has 0 fully saturated rings. The molecule has 0 radical (unpaired) electrons. The van der Waals surface area contributed by atoms with Crippen LogP contribution in [0.3, 0.4) is 0 Å². The fourth-order valence-electron chi connectivity index (χ4n) is 4.02. The fraction of sp³-hybridized carbons (Fsp3) is 0.261. The van der Waals surface area contributed by atoms with Crippen LogP contribution in [0.2, 0.25) is 5.02 Å². The molecule has 0 aliphatic carbocycles.